The van der Waals surface area contributed by atoms with E-state index in [-0.39, 0.29) is 51.2 Å². The molecule has 0 radical (unpaired) electrons. The fourth-order valence-corrected chi connectivity index (χ4v) is 6.93. The van der Waals surface area contributed by atoms with Crippen molar-refractivity contribution >= 4 is 29.0 Å². The molecule has 3 heterocycles. The summed E-state index contributed by atoms with van der Waals surface area (Å²) < 4.78 is 94.1. The third-order valence-corrected chi connectivity index (χ3v) is 9.87. The maximum Gasteiger partial charge on any atom is 0.410 e. The summed E-state index contributed by atoms with van der Waals surface area (Å²) in [6.45, 7) is 0.194. The van der Waals surface area contributed by atoms with Gasteiger partial charge >= 0.3 is 6.09 Å². The van der Waals surface area contributed by atoms with Crippen LogP contribution in [0.25, 0.3) is 11.3 Å². The number of aromatic nitrogens is 3. The van der Waals surface area contributed by atoms with Gasteiger partial charge in [-0.25, -0.2) is 37.1 Å². The lowest BCUT2D eigenvalue weighted by molar-refractivity contribution is 0.0829. The zero-order valence-electron chi connectivity index (χ0n) is 28.6. The normalized spacial score (nSPS) is 18.5. The third-order valence-electron chi connectivity index (χ3n) is 9.18. The summed E-state index contributed by atoms with van der Waals surface area (Å²) in [4.78, 5) is 27.7. The van der Waals surface area contributed by atoms with Gasteiger partial charge in [-0.15, -0.1) is 0 Å². The lowest BCUT2D eigenvalue weighted by atomic mass is 10.1. The molecule has 1 saturated heterocycles. The monoisotopic (exact) mass is 762 g/mol. The van der Waals surface area contributed by atoms with E-state index >= 15 is 13.2 Å². The summed E-state index contributed by atoms with van der Waals surface area (Å²) in [5.74, 6) is -6.35. The van der Waals surface area contributed by atoms with E-state index in [1.165, 1.54) is 36.2 Å². The van der Waals surface area contributed by atoms with Gasteiger partial charge in [-0.05, 0) is 55.5 Å². The van der Waals surface area contributed by atoms with Gasteiger partial charge in [-0.1, -0.05) is 48.5 Å². The Hall–Kier alpha value is -5.61. The maximum atomic E-state index is 15.4. The van der Waals surface area contributed by atoms with Crippen LogP contribution in [0.1, 0.15) is 30.4 Å². The molecular weight excluding hydrogens is 729 g/mol. The second-order valence-electron chi connectivity index (χ2n) is 13.0. The second kappa shape index (κ2) is 16.2. The number of piperidine rings is 1. The van der Waals surface area contributed by atoms with Crippen molar-refractivity contribution < 1.29 is 40.6 Å². The number of halogens is 4. The molecule has 5 aromatic rings. The standard InChI is InChI=1S/C38H34F4N6O5S/c39-28-13-5-4-10-24(28)21-48(54(50)51)35-29(40)20-32(33(41)34(35)42)52-36-27(12-6-15-43-36)30-14-16-44-37(46-30)45-26-11-7-17-47(22-26)38(49)53-31-19-25(31)18-23-8-2-1-3-9-23/h1-6,8-10,12-16,20,25-26,31H,7,11,17-19,21-22H2,(H,50,51)(H,44,45,46). The van der Waals surface area contributed by atoms with E-state index in [4.69, 9.17) is 9.47 Å². The van der Waals surface area contributed by atoms with Gasteiger partial charge in [0.2, 0.25) is 17.6 Å². The SMILES string of the molecule is O=C(OC1CC1Cc1ccccc1)N1CCCC(Nc2nccc(-c3cccnc3Oc3cc(F)c(N(Cc4ccccc4F)S(=O)O)c(F)c3F)n2)C1. The van der Waals surface area contributed by atoms with Crippen molar-refractivity contribution in [2.45, 2.75) is 44.4 Å². The molecule has 1 saturated carbocycles. The van der Waals surface area contributed by atoms with E-state index in [1.807, 2.05) is 18.2 Å². The highest BCUT2D eigenvalue weighted by Gasteiger charge is 2.42. The molecule has 4 unspecified atom stereocenters. The number of carbonyl (C=O) groups excluding carboxylic acids is 1. The van der Waals surface area contributed by atoms with Crippen LogP contribution in [-0.4, -0.2) is 59.9 Å². The summed E-state index contributed by atoms with van der Waals surface area (Å²) in [7, 11) is 0. The summed E-state index contributed by atoms with van der Waals surface area (Å²) in [5, 5.41) is 3.26. The van der Waals surface area contributed by atoms with Gasteiger partial charge in [0.25, 0.3) is 11.3 Å². The molecule has 2 aliphatic rings. The number of benzene rings is 3. The van der Waals surface area contributed by atoms with E-state index < -0.39 is 52.5 Å². The molecule has 7 rings (SSSR count). The molecule has 0 bridgehead atoms. The van der Waals surface area contributed by atoms with Crippen molar-refractivity contribution in [1.82, 2.24) is 19.9 Å². The minimum atomic E-state index is -3.06. The number of likely N-dealkylation sites (tertiary alicyclic amines) is 1. The van der Waals surface area contributed by atoms with Crippen molar-refractivity contribution in [2.75, 3.05) is 22.7 Å². The molecule has 16 heteroatoms. The van der Waals surface area contributed by atoms with Crippen LogP contribution >= 0.6 is 0 Å². The molecule has 280 valence electrons. The van der Waals surface area contributed by atoms with E-state index in [9.17, 15) is 17.9 Å². The Morgan fingerprint density at radius 1 is 0.963 bits per heavy atom. The van der Waals surface area contributed by atoms with Crippen molar-refractivity contribution in [3.63, 3.8) is 0 Å². The number of pyridine rings is 1. The quantitative estimate of drug-likeness (QED) is 0.0747. The summed E-state index contributed by atoms with van der Waals surface area (Å²) in [6, 6.07) is 20.2. The maximum absolute atomic E-state index is 15.4. The minimum Gasteiger partial charge on any atom is -0.446 e. The smallest absolute Gasteiger partial charge is 0.410 e. The van der Waals surface area contributed by atoms with Crippen LogP contribution in [-0.2, 0) is 29.0 Å². The van der Waals surface area contributed by atoms with Gasteiger partial charge in [0.15, 0.2) is 17.4 Å². The van der Waals surface area contributed by atoms with Gasteiger partial charge in [0.05, 0.1) is 17.8 Å². The lowest BCUT2D eigenvalue weighted by Crippen LogP contribution is -2.45. The number of ether oxygens (including phenoxy) is 2. The largest absolute Gasteiger partial charge is 0.446 e. The van der Waals surface area contributed by atoms with Crippen LogP contribution in [0.3, 0.4) is 0 Å². The van der Waals surface area contributed by atoms with Crippen molar-refractivity contribution in [2.24, 2.45) is 5.92 Å². The Labute approximate surface area is 310 Å². The third kappa shape index (κ3) is 8.44. The minimum absolute atomic E-state index is 0.104. The van der Waals surface area contributed by atoms with Gasteiger partial charge in [0.1, 0.15) is 17.6 Å². The van der Waals surface area contributed by atoms with Crippen LogP contribution in [0.2, 0.25) is 0 Å². The topological polar surface area (TPSA) is 130 Å². The van der Waals surface area contributed by atoms with Crippen LogP contribution in [0.15, 0.2) is 91.3 Å². The first kappa shape index (κ1) is 36.7. The molecule has 1 amide bonds. The van der Waals surface area contributed by atoms with Crippen LogP contribution in [0, 0.1) is 29.2 Å². The van der Waals surface area contributed by atoms with Gasteiger partial charge in [-0.3, -0.25) is 8.86 Å². The molecule has 1 aliphatic carbocycles. The number of hydrogen-bond donors (Lipinski definition) is 2. The molecule has 2 fully saturated rings. The number of hydrogen-bond acceptors (Lipinski definition) is 8. The average molecular weight is 763 g/mol. The van der Waals surface area contributed by atoms with Crippen molar-refractivity contribution in [3.05, 3.63) is 126 Å². The van der Waals surface area contributed by atoms with Crippen LogP contribution < -0.4 is 14.4 Å². The highest BCUT2D eigenvalue weighted by atomic mass is 32.2. The zero-order valence-corrected chi connectivity index (χ0v) is 29.4. The second-order valence-corrected chi connectivity index (χ2v) is 13.9. The first-order chi connectivity index (χ1) is 26.1. The number of rotatable bonds is 12. The highest BCUT2D eigenvalue weighted by molar-refractivity contribution is 7.80. The summed E-state index contributed by atoms with van der Waals surface area (Å²) in [5.41, 5.74) is 0.384. The number of nitrogens with one attached hydrogen (secondary N) is 1. The Balaban J connectivity index is 1.03. The number of anilines is 2. The molecule has 1 aliphatic heterocycles. The first-order valence-corrected chi connectivity index (χ1v) is 18.2. The first-order valence-electron chi connectivity index (χ1n) is 17.2. The van der Waals surface area contributed by atoms with Crippen LogP contribution in [0.4, 0.5) is 34.0 Å². The highest BCUT2D eigenvalue weighted by Crippen LogP contribution is 2.39. The van der Waals surface area contributed by atoms with E-state index in [1.54, 1.807) is 23.1 Å². The van der Waals surface area contributed by atoms with Gasteiger partial charge in [0, 0.05) is 49.1 Å². The zero-order chi connectivity index (χ0) is 37.8. The summed E-state index contributed by atoms with van der Waals surface area (Å²) in [6.07, 6.45) is 5.51. The molecule has 2 aromatic heterocycles. The lowest BCUT2D eigenvalue weighted by Gasteiger charge is -2.32. The summed E-state index contributed by atoms with van der Waals surface area (Å²) >= 11 is -3.06. The average Bonchev–Trinajstić information content (AvgIpc) is 3.91. The van der Waals surface area contributed by atoms with E-state index in [0.29, 0.717) is 25.1 Å². The Kier molecular flexibility index (Phi) is 11.0. The Morgan fingerprint density at radius 2 is 1.76 bits per heavy atom. The fourth-order valence-electron chi connectivity index (χ4n) is 6.35. The van der Waals surface area contributed by atoms with E-state index in [2.05, 4.69) is 32.4 Å². The Morgan fingerprint density at radius 3 is 2.56 bits per heavy atom. The fraction of sp³-hybridized carbons (Fsp3) is 0.263. The molecule has 4 atom stereocenters. The van der Waals surface area contributed by atoms with E-state index in [0.717, 1.165) is 31.7 Å². The predicted octanol–water partition coefficient (Wildman–Crippen LogP) is 7.67. The van der Waals surface area contributed by atoms with Crippen molar-refractivity contribution in [1.29, 1.82) is 0 Å². The molecule has 2 N–H and O–H groups in total. The molecular formula is C38H34F4N6O5S. The van der Waals surface area contributed by atoms with Crippen molar-refractivity contribution in [3.8, 4) is 22.9 Å². The number of carbonyl (C=O) groups is 1. The van der Waals surface area contributed by atoms with Gasteiger partial charge in [-0.2, -0.15) is 4.39 Å². The molecule has 11 nitrogen and oxygen atoms in total. The Bertz CT molecular complexity index is 2170. The molecule has 0 spiro atoms. The number of nitrogens with zero attached hydrogens (tertiary/aromatic N) is 5. The van der Waals surface area contributed by atoms with Crippen LogP contribution in [0.5, 0.6) is 11.6 Å². The predicted molar refractivity (Wildman–Crippen MR) is 192 cm³/mol. The van der Waals surface area contributed by atoms with Gasteiger partial charge < -0.3 is 19.7 Å². The number of amides is 1. The molecule has 54 heavy (non-hydrogen) atoms. The molecule has 3 aromatic carbocycles.